The quantitative estimate of drug-likeness (QED) is 0.442. The van der Waals surface area contributed by atoms with Crippen molar-refractivity contribution in [1.29, 1.82) is 0 Å². The van der Waals surface area contributed by atoms with E-state index in [2.05, 4.69) is 10.0 Å². The molecule has 0 saturated heterocycles. The second kappa shape index (κ2) is 9.67. The summed E-state index contributed by atoms with van der Waals surface area (Å²) in [5, 5.41) is 2.18. The van der Waals surface area contributed by atoms with Crippen molar-refractivity contribution in [2.24, 2.45) is 0 Å². The SMILES string of the molecule is Cc1cc(S(=O)(=O)Nc2ccc(F)cc2)ccc1OCC(=O)Nc1ccc(F)c(C(F)(F)F)c1. The van der Waals surface area contributed by atoms with Gasteiger partial charge in [-0.25, -0.2) is 17.2 Å². The Hall–Kier alpha value is -3.67. The van der Waals surface area contributed by atoms with E-state index in [0.717, 1.165) is 18.2 Å². The van der Waals surface area contributed by atoms with Crippen molar-refractivity contribution in [1.82, 2.24) is 0 Å². The molecule has 34 heavy (non-hydrogen) atoms. The van der Waals surface area contributed by atoms with E-state index in [0.29, 0.717) is 17.7 Å². The molecular weight excluding hydrogens is 483 g/mol. The molecule has 0 heterocycles. The molecule has 0 aromatic heterocycles. The molecule has 0 fully saturated rings. The molecule has 180 valence electrons. The molecule has 0 radical (unpaired) electrons. The van der Waals surface area contributed by atoms with Crippen molar-refractivity contribution in [3.05, 3.63) is 83.4 Å². The second-order valence-corrected chi connectivity index (χ2v) is 8.75. The summed E-state index contributed by atoms with van der Waals surface area (Å²) in [6, 6.07) is 10.6. The molecule has 6 nitrogen and oxygen atoms in total. The standard InChI is InChI=1S/C22H17F5N2O4S/c1-13-10-17(34(31,32)29-15-4-2-14(23)3-5-15)7-9-20(13)33-12-21(30)28-16-6-8-19(24)18(11-16)22(25,26)27/h2-11,29H,12H2,1H3,(H,28,30). The maximum absolute atomic E-state index is 13.4. The monoisotopic (exact) mass is 500 g/mol. The van der Waals surface area contributed by atoms with Crippen molar-refractivity contribution >= 4 is 27.3 Å². The number of amides is 1. The summed E-state index contributed by atoms with van der Waals surface area (Å²) in [5.41, 5.74) is -1.28. The van der Waals surface area contributed by atoms with Gasteiger partial charge in [0.05, 0.1) is 10.5 Å². The van der Waals surface area contributed by atoms with Crippen molar-refractivity contribution in [3.63, 3.8) is 0 Å². The van der Waals surface area contributed by atoms with Crippen LogP contribution in [0.4, 0.5) is 33.3 Å². The third kappa shape index (κ3) is 6.22. The first kappa shape index (κ1) is 25.0. The molecule has 0 bridgehead atoms. The largest absolute Gasteiger partial charge is 0.483 e. The molecule has 0 aliphatic carbocycles. The highest BCUT2D eigenvalue weighted by Gasteiger charge is 2.34. The average Bonchev–Trinajstić information content (AvgIpc) is 2.75. The zero-order chi connectivity index (χ0) is 25.1. The van der Waals surface area contributed by atoms with Gasteiger partial charge in [0, 0.05) is 11.4 Å². The van der Waals surface area contributed by atoms with Crippen LogP contribution in [0, 0.1) is 18.6 Å². The van der Waals surface area contributed by atoms with Gasteiger partial charge in [0.25, 0.3) is 15.9 Å². The lowest BCUT2D eigenvalue weighted by molar-refractivity contribution is -0.140. The zero-order valence-corrected chi connectivity index (χ0v) is 18.2. The lowest BCUT2D eigenvalue weighted by Gasteiger charge is -2.13. The minimum absolute atomic E-state index is 0.114. The first-order chi connectivity index (χ1) is 15.8. The Kier molecular flexibility index (Phi) is 7.10. The highest BCUT2D eigenvalue weighted by atomic mass is 32.2. The summed E-state index contributed by atoms with van der Waals surface area (Å²) in [5.74, 6) is -2.65. The summed E-state index contributed by atoms with van der Waals surface area (Å²) in [6.45, 7) is 0.930. The predicted octanol–water partition coefficient (Wildman–Crippen LogP) is 5.11. The number of ether oxygens (including phenoxy) is 1. The summed E-state index contributed by atoms with van der Waals surface area (Å²) < 4.78 is 97.4. The molecule has 2 N–H and O–H groups in total. The first-order valence-corrected chi connectivity index (χ1v) is 11.0. The fourth-order valence-electron chi connectivity index (χ4n) is 2.84. The van der Waals surface area contributed by atoms with Crippen LogP contribution in [0.5, 0.6) is 5.75 Å². The van der Waals surface area contributed by atoms with Crippen LogP contribution < -0.4 is 14.8 Å². The van der Waals surface area contributed by atoms with Crippen LogP contribution >= 0.6 is 0 Å². The van der Waals surface area contributed by atoms with Crippen LogP contribution in [0.2, 0.25) is 0 Å². The van der Waals surface area contributed by atoms with Crippen molar-refractivity contribution < 1.29 is 39.9 Å². The summed E-state index contributed by atoms with van der Waals surface area (Å²) in [6.07, 6.45) is -4.92. The van der Waals surface area contributed by atoms with Crippen LogP contribution in [-0.2, 0) is 21.0 Å². The fourth-order valence-corrected chi connectivity index (χ4v) is 3.99. The predicted molar refractivity (Wildman–Crippen MR) is 114 cm³/mol. The molecular formula is C22H17F5N2O4S. The van der Waals surface area contributed by atoms with Gasteiger partial charge in [-0.3, -0.25) is 9.52 Å². The molecule has 3 rings (SSSR count). The normalized spacial score (nSPS) is 11.7. The average molecular weight is 500 g/mol. The van der Waals surface area contributed by atoms with Crippen LogP contribution in [0.25, 0.3) is 0 Å². The van der Waals surface area contributed by atoms with Gasteiger partial charge in [0.2, 0.25) is 0 Å². The number of hydrogen-bond acceptors (Lipinski definition) is 4. The lowest BCUT2D eigenvalue weighted by atomic mass is 10.2. The third-order valence-corrected chi connectivity index (χ3v) is 5.85. The Morgan fingerprint density at radius 1 is 0.941 bits per heavy atom. The maximum atomic E-state index is 13.4. The number of halogens is 5. The molecule has 12 heteroatoms. The van der Waals surface area contributed by atoms with Crippen molar-refractivity contribution in [2.45, 2.75) is 18.0 Å². The number of carbonyl (C=O) groups excluding carboxylic acids is 1. The third-order valence-electron chi connectivity index (χ3n) is 4.47. The van der Waals surface area contributed by atoms with Gasteiger partial charge < -0.3 is 10.1 Å². The van der Waals surface area contributed by atoms with Gasteiger partial charge in [-0.05, 0) is 73.2 Å². The van der Waals surface area contributed by atoms with E-state index in [1.54, 1.807) is 0 Å². The summed E-state index contributed by atoms with van der Waals surface area (Å²) in [4.78, 5) is 11.9. The van der Waals surface area contributed by atoms with E-state index in [-0.39, 0.29) is 22.0 Å². The number of alkyl halides is 3. The molecule has 0 unspecified atom stereocenters. The number of benzene rings is 3. The van der Waals surface area contributed by atoms with E-state index in [4.69, 9.17) is 4.74 Å². The number of hydrogen-bond donors (Lipinski definition) is 2. The Morgan fingerprint density at radius 2 is 1.59 bits per heavy atom. The van der Waals surface area contributed by atoms with Gasteiger partial charge in [0.1, 0.15) is 17.4 Å². The van der Waals surface area contributed by atoms with Gasteiger partial charge in [-0.15, -0.1) is 0 Å². The molecule has 0 aliphatic heterocycles. The van der Waals surface area contributed by atoms with Crippen molar-refractivity contribution in [2.75, 3.05) is 16.6 Å². The van der Waals surface area contributed by atoms with E-state index < -0.39 is 45.9 Å². The molecule has 3 aromatic carbocycles. The minimum atomic E-state index is -4.92. The number of nitrogens with one attached hydrogen (secondary N) is 2. The molecule has 0 spiro atoms. The lowest BCUT2D eigenvalue weighted by Crippen LogP contribution is -2.21. The van der Waals surface area contributed by atoms with Gasteiger partial charge >= 0.3 is 6.18 Å². The Balaban J connectivity index is 1.65. The highest BCUT2D eigenvalue weighted by molar-refractivity contribution is 7.92. The highest BCUT2D eigenvalue weighted by Crippen LogP contribution is 2.33. The smallest absolute Gasteiger partial charge is 0.419 e. The van der Waals surface area contributed by atoms with E-state index in [9.17, 15) is 35.2 Å². The van der Waals surface area contributed by atoms with E-state index in [1.807, 2.05) is 0 Å². The Bertz CT molecular complexity index is 1310. The number of rotatable bonds is 7. The molecule has 3 aromatic rings. The van der Waals surface area contributed by atoms with E-state index in [1.165, 1.54) is 37.3 Å². The first-order valence-electron chi connectivity index (χ1n) is 9.53. The van der Waals surface area contributed by atoms with Crippen LogP contribution in [0.15, 0.2) is 65.6 Å². The Labute approximate surface area is 191 Å². The zero-order valence-electron chi connectivity index (χ0n) is 17.4. The van der Waals surface area contributed by atoms with Gasteiger partial charge in [0.15, 0.2) is 6.61 Å². The number of anilines is 2. The summed E-state index contributed by atoms with van der Waals surface area (Å²) in [7, 11) is -3.99. The Morgan fingerprint density at radius 3 is 2.21 bits per heavy atom. The fraction of sp³-hybridized carbons (Fsp3) is 0.136. The molecule has 0 atom stereocenters. The van der Waals surface area contributed by atoms with Crippen LogP contribution in [0.3, 0.4) is 0 Å². The maximum Gasteiger partial charge on any atom is 0.419 e. The van der Waals surface area contributed by atoms with E-state index >= 15 is 0 Å². The second-order valence-electron chi connectivity index (χ2n) is 7.07. The topological polar surface area (TPSA) is 84.5 Å². The molecule has 0 aliphatic rings. The van der Waals surface area contributed by atoms with Gasteiger partial charge in [-0.1, -0.05) is 0 Å². The van der Waals surface area contributed by atoms with Crippen molar-refractivity contribution in [3.8, 4) is 5.75 Å². The van der Waals surface area contributed by atoms with Gasteiger partial charge in [-0.2, -0.15) is 13.2 Å². The number of aryl methyl sites for hydroxylation is 1. The summed E-state index contributed by atoms with van der Waals surface area (Å²) >= 11 is 0. The minimum Gasteiger partial charge on any atom is -0.483 e. The van der Waals surface area contributed by atoms with Crippen LogP contribution in [-0.4, -0.2) is 20.9 Å². The number of carbonyl (C=O) groups is 1. The molecule has 1 amide bonds. The van der Waals surface area contributed by atoms with Crippen LogP contribution in [0.1, 0.15) is 11.1 Å². The molecule has 0 saturated carbocycles. The number of sulfonamides is 1.